The number of carbonyl (C=O) groups is 1. The number of benzene rings is 2. The van der Waals surface area contributed by atoms with Crippen LogP contribution in [0.5, 0.6) is 0 Å². The zero-order chi connectivity index (χ0) is 17.0. The van der Waals surface area contributed by atoms with Crippen molar-refractivity contribution in [1.29, 1.82) is 0 Å². The van der Waals surface area contributed by atoms with E-state index in [2.05, 4.69) is 39.1 Å². The Bertz CT molecular complexity index is 977. The number of likely N-dealkylation sites (tertiary alicyclic amines) is 1. The smallest absolute Gasteiger partial charge is 0.254 e. The molecule has 3 aromatic rings. The van der Waals surface area contributed by atoms with Crippen LogP contribution in [-0.4, -0.2) is 33.4 Å². The van der Waals surface area contributed by atoms with Crippen molar-refractivity contribution < 1.29 is 4.79 Å². The Morgan fingerprint density at radius 1 is 1.24 bits per heavy atom. The molecule has 1 fully saturated rings. The molecule has 0 bridgehead atoms. The first-order valence-corrected chi connectivity index (χ1v) is 8.85. The molecule has 5 rings (SSSR count). The molecule has 1 unspecified atom stereocenters. The van der Waals surface area contributed by atoms with Gasteiger partial charge < -0.3 is 15.6 Å². The summed E-state index contributed by atoms with van der Waals surface area (Å²) in [7, 11) is 0. The molecule has 1 aliphatic heterocycles. The average molecular weight is 332 g/mol. The van der Waals surface area contributed by atoms with Gasteiger partial charge in [-0.05, 0) is 48.6 Å². The third kappa shape index (κ3) is 2.22. The van der Waals surface area contributed by atoms with Gasteiger partial charge in [0.05, 0.1) is 11.0 Å². The van der Waals surface area contributed by atoms with Crippen molar-refractivity contribution in [2.75, 3.05) is 12.3 Å². The van der Waals surface area contributed by atoms with Crippen LogP contribution >= 0.6 is 0 Å². The van der Waals surface area contributed by atoms with E-state index in [0.717, 1.165) is 30.4 Å². The molecule has 1 aromatic heterocycles. The van der Waals surface area contributed by atoms with E-state index in [1.807, 2.05) is 18.2 Å². The molecule has 126 valence electrons. The number of rotatable bonds is 1. The Morgan fingerprint density at radius 3 is 3.04 bits per heavy atom. The van der Waals surface area contributed by atoms with E-state index in [1.165, 1.54) is 17.5 Å². The van der Waals surface area contributed by atoms with E-state index in [-0.39, 0.29) is 11.9 Å². The fraction of sp³-hybridized carbons (Fsp3) is 0.300. The number of imidazole rings is 1. The van der Waals surface area contributed by atoms with Gasteiger partial charge in [-0.15, -0.1) is 0 Å². The first kappa shape index (κ1) is 14.5. The fourth-order valence-electron chi connectivity index (χ4n) is 4.56. The van der Waals surface area contributed by atoms with E-state index in [1.54, 1.807) is 0 Å². The Morgan fingerprint density at radius 2 is 2.12 bits per heavy atom. The van der Waals surface area contributed by atoms with Crippen LogP contribution in [0.3, 0.4) is 0 Å². The molecule has 1 amide bonds. The van der Waals surface area contributed by atoms with Crippen molar-refractivity contribution in [3.8, 4) is 0 Å². The molecule has 1 aliphatic carbocycles. The monoisotopic (exact) mass is 332 g/mol. The quantitative estimate of drug-likeness (QED) is 0.719. The fourth-order valence-corrected chi connectivity index (χ4v) is 4.56. The number of aromatic nitrogens is 2. The Balaban J connectivity index is 1.48. The zero-order valence-electron chi connectivity index (χ0n) is 13.9. The van der Waals surface area contributed by atoms with Gasteiger partial charge >= 0.3 is 0 Å². The minimum Gasteiger partial charge on any atom is -0.369 e. The number of piperidine rings is 1. The van der Waals surface area contributed by atoms with Gasteiger partial charge in [-0.3, -0.25) is 4.79 Å². The predicted molar refractivity (Wildman–Crippen MR) is 97.5 cm³/mol. The van der Waals surface area contributed by atoms with Crippen LogP contribution in [0, 0.1) is 0 Å². The highest BCUT2D eigenvalue weighted by atomic mass is 16.2. The van der Waals surface area contributed by atoms with Gasteiger partial charge in [-0.2, -0.15) is 0 Å². The molecule has 2 heterocycles. The molecule has 2 atom stereocenters. The molecule has 0 radical (unpaired) electrons. The molecule has 2 aliphatic rings. The second-order valence-corrected chi connectivity index (χ2v) is 7.07. The number of anilines is 1. The van der Waals surface area contributed by atoms with E-state index < -0.39 is 0 Å². The summed E-state index contributed by atoms with van der Waals surface area (Å²) in [6.07, 6.45) is 3.19. The molecule has 5 nitrogen and oxygen atoms in total. The molecule has 25 heavy (non-hydrogen) atoms. The predicted octanol–water partition coefficient (Wildman–Crippen LogP) is 3.09. The van der Waals surface area contributed by atoms with Crippen LogP contribution in [0.15, 0.2) is 42.5 Å². The highest BCUT2D eigenvalue weighted by Crippen LogP contribution is 2.42. The number of aromatic amines is 1. The van der Waals surface area contributed by atoms with Gasteiger partial charge in [0.15, 0.2) is 5.95 Å². The maximum atomic E-state index is 13.2. The second kappa shape index (κ2) is 5.34. The molecule has 0 saturated carbocycles. The van der Waals surface area contributed by atoms with Crippen molar-refractivity contribution >= 4 is 22.9 Å². The second-order valence-electron chi connectivity index (χ2n) is 7.07. The summed E-state index contributed by atoms with van der Waals surface area (Å²) in [5.74, 6) is 0.960. The normalized spacial score (nSPS) is 22.0. The lowest BCUT2D eigenvalue weighted by atomic mass is 9.88. The summed E-state index contributed by atoms with van der Waals surface area (Å²) in [5.41, 5.74) is 10.8. The third-order valence-electron chi connectivity index (χ3n) is 5.67. The van der Waals surface area contributed by atoms with Gasteiger partial charge in [-0.25, -0.2) is 4.98 Å². The number of hydrogen-bond acceptors (Lipinski definition) is 3. The molecular formula is C20H20N4O. The highest BCUT2D eigenvalue weighted by molar-refractivity contribution is 5.98. The summed E-state index contributed by atoms with van der Waals surface area (Å²) in [6.45, 7) is 0.830. The summed E-state index contributed by atoms with van der Waals surface area (Å²) in [6, 6.07) is 14.5. The zero-order valence-corrected chi connectivity index (χ0v) is 13.9. The number of hydrogen-bond donors (Lipinski definition) is 2. The lowest BCUT2D eigenvalue weighted by molar-refractivity contribution is 0.0595. The van der Waals surface area contributed by atoms with Crippen LogP contribution in [0.4, 0.5) is 5.95 Å². The summed E-state index contributed by atoms with van der Waals surface area (Å²) in [5, 5.41) is 0. The summed E-state index contributed by atoms with van der Waals surface area (Å²) < 4.78 is 0. The first-order chi connectivity index (χ1) is 12.2. The summed E-state index contributed by atoms with van der Waals surface area (Å²) >= 11 is 0. The largest absolute Gasteiger partial charge is 0.369 e. The van der Waals surface area contributed by atoms with Crippen molar-refractivity contribution in [2.45, 2.75) is 31.2 Å². The number of amides is 1. The lowest BCUT2D eigenvalue weighted by Crippen LogP contribution is -2.46. The topological polar surface area (TPSA) is 75.0 Å². The minimum absolute atomic E-state index is 0.109. The van der Waals surface area contributed by atoms with Crippen LogP contribution < -0.4 is 5.73 Å². The number of nitrogens with two attached hydrogens (primary N) is 1. The van der Waals surface area contributed by atoms with Crippen molar-refractivity contribution in [3.05, 3.63) is 59.2 Å². The van der Waals surface area contributed by atoms with Gasteiger partial charge in [0.25, 0.3) is 5.91 Å². The number of H-pyrrole nitrogens is 1. The van der Waals surface area contributed by atoms with Gasteiger partial charge in [0.2, 0.25) is 0 Å². The lowest BCUT2D eigenvalue weighted by Gasteiger charge is -2.38. The molecule has 5 heteroatoms. The molecular weight excluding hydrogens is 312 g/mol. The number of nitrogens with zero attached hydrogens (tertiary/aromatic N) is 2. The van der Waals surface area contributed by atoms with E-state index in [9.17, 15) is 4.79 Å². The Hall–Kier alpha value is -2.82. The van der Waals surface area contributed by atoms with Gasteiger partial charge in [-0.1, -0.05) is 24.3 Å². The van der Waals surface area contributed by atoms with E-state index in [0.29, 0.717) is 17.4 Å². The average Bonchev–Trinajstić information content (AvgIpc) is 3.19. The number of fused-ring (bicyclic) bond motifs is 4. The highest BCUT2D eigenvalue weighted by Gasteiger charge is 2.40. The molecule has 2 aromatic carbocycles. The maximum absolute atomic E-state index is 13.2. The molecule has 3 N–H and O–H groups in total. The minimum atomic E-state index is 0.109. The van der Waals surface area contributed by atoms with Crippen LogP contribution in [-0.2, 0) is 6.42 Å². The Labute approximate surface area is 145 Å². The number of nitrogens with one attached hydrogen (secondary N) is 1. The molecule has 0 spiro atoms. The van der Waals surface area contributed by atoms with Crippen LogP contribution in [0.1, 0.15) is 40.2 Å². The van der Waals surface area contributed by atoms with Crippen molar-refractivity contribution in [2.24, 2.45) is 0 Å². The Kier molecular flexibility index (Phi) is 3.10. The molecule has 1 saturated heterocycles. The van der Waals surface area contributed by atoms with E-state index in [4.69, 9.17) is 5.73 Å². The number of carbonyl (C=O) groups excluding carboxylic acids is 1. The SMILES string of the molecule is Nc1nc2ccc(C(=O)N3CCCC4c5ccccc5C[C@@H]43)cc2[nH]1. The van der Waals surface area contributed by atoms with Crippen LogP contribution in [0.25, 0.3) is 11.0 Å². The van der Waals surface area contributed by atoms with E-state index >= 15 is 0 Å². The summed E-state index contributed by atoms with van der Waals surface area (Å²) in [4.78, 5) is 22.5. The van der Waals surface area contributed by atoms with Crippen molar-refractivity contribution in [1.82, 2.24) is 14.9 Å². The van der Waals surface area contributed by atoms with Gasteiger partial charge in [0, 0.05) is 24.1 Å². The van der Waals surface area contributed by atoms with Crippen molar-refractivity contribution in [3.63, 3.8) is 0 Å². The standard InChI is InChI=1S/C20H20N4O/c21-20-22-16-8-7-13(10-17(16)23-20)19(25)24-9-3-6-15-14-5-2-1-4-12(14)11-18(15)24/h1-2,4-5,7-8,10,15,18H,3,6,9,11H2,(H3,21,22,23)/t15?,18-/m0/s1. The first-order valence-electron chi connectivity index (χ1n) is 8.85. The maximum Gasteiger partial charge on any atom is 0.254 e. The third-order valence-corrected chi connectivity index (χ3v) is 5.67. The van der Waals surface area contributed by atoms with Crippen LogP contribution in [0.2, 0.25) is 0 Å². The van der Waals surface area contributed by atoms with Gasteiger partial charge in [0.1, 0.15) is 0 Å². The number of nitrogen functional groups attached to an aromatic ring is 1.